The SMILES string of the molecule is CCNC(Cc1ccc(Br)cn1)c1cc(C)c(Br)s1. The molecule has 0 saturated heterocycles. The second kappa shape index (κ2) is 6.97. The monoisotopic (exact) mass is 402 g/mol. The van der Waals surface area contributed by atoms with E-state index in [0.717, 1.165) is 23.1 Å². The van der Waals surface area contributed by atoms with Gasteiger partial charge in [0.05, 0.1) is 3.79 Å². The Morgan fingerprint density at radius 3 is 2.68 bits per heavy atom. The van der Waals surface area contributed by atoms with Crippen LogP contribution in [0.5, 0.6) is 0 Å². The van der Waals surface area contributed by atoms with Gasteiger partial charge in [-0.05, 0) is 69.1 Å². The van der Waals surface area contributed by atoms with Crippen LogP contribution in [0, 0.1) is 6.92 Å². The highest BCUT2D eigenvalue weighted by atomic mass is 79.9. The van der Waals surface area contributed by atoms with Crippen molar-refractivity contribution in [1.29, 1.82) is 0 Å². The summed E-state index contributed by atoms with van der Waals surface area (Å²) in [6.45, 7) is 5.22. The predicted molar refractivity (Wildman–Crippen MR) is 88.8 cm³/mol. The van der Waals surface area contributed by atoms with E-state index in [1.807, 2.05) is 12.3 Å². The van der Waals surface area contributed by atoms with Crippen molar-refractivity contribution in [2.24, 2.45) is 0 Å². The number of nitrogens with zero attached hydrogens (tertiary/aromatic N) is 1. The van der Waals surface area contributed by atoms with Crippen molar-refractivity contribution in [3.05, 3.63) is 48.8 Å². The van der Waals surface area contributed by atoms with Gasteiger partial charge in [0.25, 0.3) is 0 Å². The normalized spacial score (nSPS) is 12.6. The number of aromatic nitrogens is 1. The van der Waals surface area contributed by atoms with Crippen LogP contribution in [0.2, 0.25) is 0 Å². The summed E-state index contributed by atoms with van der Waals surface area (Å²) in [6, 6.07) is 6.69. The molecule has 2 aromatic rings. The van der Waals surface area contributed by atoms with Gasteiger partial charge in [0.2, 0.25) is 0 Å². The van der Waals surface area contributed by atoms with Crippen LogP contribution in [0.4, 0.5) is 0 Å². The first-order valence-electron chi connectivity index (χ1n) is 6.19. The number of rotatable bonds is 5. The lowest BCUT2D eigenvalue weighted by Crippen LogP contribution is -2.22. The van der Waals surface area contributed by atoms with Crippen molar-refractivity contribution >= 4 is 43.2 Å². The maximum absolute atomic E-state index is 4.46. The number of nitrogens with one attached hydrogen (secondary N) is 1. The van der Waals surface area contributed by atoms with E-state index in [1.165, 1.54) is 14.2 Å². The van der Waals surface area contributed by atoms with Crippen LogP contribution in [0.15, 0.2) is 32.7 Å². The Hall–Kier alpha value is -0.230. The molecule has 0 saturated carbocycles. The van der Waals surface area contributed by atoms with Crippen molar-refractivity contribution in [2.45, 2.75) is 26.3 Å². The van der Waals surface area contributed by atoms with Crippen LogP contribution in [0.3, 0.4) is 0 Å². The molecule has 0 radical (unpaired) electrons. The number of aryl methyl sites for hydroxylation is 1. The maximum atomic E-state index is 4.46. The smallest absolute Gasteiger partial charge is 0.0731 e. The zero-order chi connectivity index (χ0) is 13.8. The average molecular weight is 404 g/mol. The van der Waals surface area contributed by atoms with Crippen LogP contribution in [0.1, 0.15) is 29.1 Å². The van der Waals surface area contributed by atoms with Crippen molar-refractivity contribution < 1.29 is 0 Å². The highest BCUT2D eigenvalue weighted by Crippen LogP contribution is 2.32. The van der Waals surface area contributed by atoms with Crippen LogP contribution < -0.4 is 5.32 Å². The minimum absolute atomic E-state index is 0.327. The van der Waals surface area contributed by atoms with Gasteiger partial charge >= 0.3 is 0 Å². The average Bonchev–Trinajstić information content (AvgIpc) is 2.72. The van der Waals surface area contributed by atoms with E-state index in [2.05, 4.69) is 68.1 Å². The zero-order valence-electron chi connectivity index (χ0n) is 10.9. The molecule has 2 rings (SSSR count). The number of pyridine rings is 1. The molecule has 5 heteroatoms. The Morgan fingerprint density at radius 2 is 2.16 bits per heavy atom. The lowest BCUT2D eigenvalue weighted by molar-refractivity contribution is 0.552. The molecule has 0 amide bonds. The Balaban J connectivity index is 2.18. The molecule has 1 unspecified atom stereocenters. The Labute approximate surface area is 134 Å². The minimum Gasteiger partial charge on any atom is -0.309 e. The number of likely N-dealkylation sites (N-methyl/N-ethyl adjacent to an activating group) is 1. The van der Waals surface area contributed by atoms with Crippen LogP contribution in [-0.4, -0.2) is 11.5 Å². The molecule has 2 aromatic heterocycles. The summed E-state index contributed by atoms with van der Waals surface area (Å²) in [5.74, 6) is 0. The molecule has 1 atom stereocenters. The van der Waals surface area contributed by atoms with Crippen molar-refractivity contribution in [3.63, 3.8) is 0 Å². The van der Waals surface area contributed by atoms with E-state index in [9.17, 15) is 0 Å². The standard InChI is InChI=1S/C14H16Br2N2S/c1-3-17-12(13-6-9(2)14(16)19-13)7-11-5-4-10(15)8-18-11/h4-6,8,12,17H,3,7H2,1-2H3. The lowest BCUT2D eigenvalue weighted by Gasteiger charge is -2.16. The number of thiophene rings is 1. The molecule has 0 aliphatic heterocycles. The molecule has 0 aliphatic rings. The van der Waals surface area contributed by atoms with E-state index >= 15 is 0 Å². The van der Waals surface area contributed by atoms with Gasteiger partial charge in [0, 0.05) is 33.7 Å². The maximum Gasteiger partial charge on any atom is 0.0731 e. The molecule has 0 aromatic carbocycles. The summed E-state index contributed by atoms with van der Waals surface area (Å²) in [6.07, 6.45) is 2.77. The first kappa shape index (κ1) is 15.2. The van der Waals surface area contributed by atoms with Crippen molar-refractivity contribution in [3.8, 4) is 0 Å². The Kier molecular flexibility index (Phi) is 5.57. The fraction of sp³-hybridized carbons (Fsp3) is 0.357. The van der Waals surface area contributed by atoms with Crippen LogP contribution in [0.25, 0.3) is 0 Å². The Morgan fingerprint density at radius 1 is 1.37 bits per heavy atom. The topological polar surface area (TPSA) is 24.9 Å². The van der Waals surface area contributed by atoms with E-state index < -0.39 is 0 Å². The van der Waals surface area contributed by atoms with Gasteiger partial charge in [-0.25, -0.2) is 0 Å². The number of hydrogen-bond acceptors (Lipinski definition) is 3. The van der Waals surface area contributed by atoms with E-state index in [4.69, 9.17) is 0 Å². The van der Waals surface area contributed by atoms with Gasteiger partial charge in [0.1, 0.15) is 0 Å². The number of halogens is 2. The summed E-state index contributed by atoms with van der Waals surface area (Å²) in [4.78, 5) is 5.82. The fourth-order valence-electron chi connectivity index (χ4n) is 1.91. The molecule has 19 heavy (non-hydrogen) atoms. The molecule has 0 spiro atoms. The second-order valence-corrected chi connectivity index (χ2v) is 7.70. The largest absolute Gasteiger partial charge is 0.309 e. The quantitative estimate of drug-likeness (QED) is 0.770. The van der Waals surface area contributed by atoms with E-state index in [1.54, 1.807) is 11.3 Å². The third kappa shape index (κ3) is 4.12. The first-order chi connectivity index (χ1) is 9.10. The molecule has 2 nitrogen and oxygen atoms in total. The van der Waals surface area contributed by atoms with Gasteiger partial charge < -0.3 is 5.32 Å². The molecule has 0 fully saturated rings. The molecular formula is C14H16Br2N2S. The third-order valence-corrected chi connectivity index (χ3v) is 5.59. The highest BCUT2D eigenvalue weighted by molar-refractivity contribution is 9.11. The third-order valence-electron chi connectivity index (χ3n) is 2.87. The van der Waals surface area contributed by atoms with Gasteiger partial charge in [-0.15, -0.1) is 11.3 Å². The lowest BCUT2D eigenvalue weighted by atomic mass is 10.1. The summed E-state index contributed by atoms with van der Waals surface area (Å²) in [5, 5.41) is 3.54. The molecule has 102 valence electrons. The van der Waals surface area contributed by atoms with E-state index in [-0.39, 0.29) is 0 Å². The van der Waals surface area contributed by atoms with Gasteiger partial charge in [0.15, 0.2) is 0 Å². The number of hydrogen-bond donors (Lipinski definition) is 1. The van der Waals surface area contributed by atoms with E-state index in [0.29, 0.717) is 6.04 Å². The molecular weight excluding hydrogens is 388 g/mol. The highest BCUT2D eigenvalue weighted by Gasteiger charge is 2.15. The summed E-state index contributed by atoms with van der Waals surface area (Å²) in [5.41, 5.74) is 2.41. The minimum atomic E-state index is 0.327. The Bertz CT molecular complexity index is 517. The summed E-state index contributed by atoms with van der Waals surface area (Å²) < 4.78 is 2.24. The molecule has 2 heterocycles. The first-order valence-corrected chi connectivity index (χ1v) is 8.60. The molecule has 0 bridgehead atoms. The predicted octanol–water partition coefficient (Wildman–Crippen LogP) is 4.87. The van der Waals surface area contributed by atoms with Crippen molar-refractivity contribution in [1.82, 2.24) is 10.3 Å². The molecule has 0 aliphatic carbocycles. The van der Waals surface area contributed by atoms with Gasteiger partial charge in [-0.1, -0.05) is 6.92 Å². The summed E-state index contributed by atoms with van der Waals surface area (Å²) >= 11 is 8.82. The summed E-state index contributed by atoms with van der Waals surface area (Å²) in [7, 11) is 0. The zero-order valence-corrected chi connectivity index (χ0v) is 14.9. The van der Waals surface area contributed by atoms with Crippen LogP contribution >= 0.6 is 43.2 Å². The van der Waals surface area contributed by atoms with Gasteiger partial charge in [-0.3, -0.25) is 4.98 Å². The van der Waals surface area contributed by atoms with Crippen LogP contribution in [-0.2, 0) is 6.42 Å². The molecule has 1 N–H and O–H groups in total. The fourth-order valence-corrected chi connectivity index (χ4v) is 3.79. The van der Waals surface area contributed by atoms with Gasteiger partial charge in [-0.2, -0.15) is 0 Å². The van der Waals surface area contributed by atoms with Crippen molar-refractivity contribution in [2.75, 3.05) is 6.54 Å². The second-order valence-electron chi connectivity index (χ2n) is 4.39.